The van der Waals surface area contributed by atoms with Crippen LogP contribution in [0, 0.1) is 11.8 Å². The Labute approximate surface area is 157 Å². The van der Waals surface area contributed by atoms with Crippen molar-refractivity contribution >= 4 is 16.9 Å². The number of hydrogen-bond acceptors (Lipinski definition) is 3. The molecule has 142 valence electrons. The van der Waals surface area contributed by atoms with Crippen LogP contribution in [0.5, 0.6) is 0 Å². The van der Waals surface area contributed by atoms with Gasteiger partial charge in [0, 0.05) is 32.6 Å². The Morgan fingerprint density at radius 3 is 2.85 bits per heavy atom. The average molecular weight is 357 g/mol. The van der Waals surface area contributed by atoms with E-state index in [1.807, 2.05) is 18.2 Å². The number of rotatable bonds is 6. The van der Waals surface area contributed by atoms with Crippen LogP contribution < -0.4 is 0 Å². The summed E-state index contributed by atoms with van der Waals surface area (Å²) < 4.78 is 2.24. The molecule has 0 radical (unpaired) electrons. The van der Waals surface area contributed by atoms with Crippen LogP contribution in [0.15, 0.2) is 24.3 Å². The highest BCUT2D eigenvalue weighted by molar-refractivity contribution is 5.79. The molecule has 5 heteroatoms. The number of piperidine rings is 1. The van der Waals surface area contributed by atoms with Gasteiger partial charge in [0.2, 0.25) is 5.91 Å². The van der Waals surface area contributed by atoms with Gasteiger partial charge in [0.15, 0.2) is 0 Å². The lowest BCUT2D eigenvalue weighted by molar-refractivity contribution is -0.137. The molecular formula is C21H32N4O. The van der Waals surface area contributed by atoms with Crippen LogP contribution in [0.3, 0.4) is 0 Å². The lowest BCUT2D eigenvalue weighted by Gasteiger charge is -2.35. The highest BCUT2D eigenvalue weighted by Crippen LogP contribution is 2.22. The number of aromatic nitrogens is 2. The summed E-state index contributed by atoms with van der Waals surface area (Å²) in [6.07, 6.45) is 3.22. The number of hydrogen-bond donors (Lipinski definition) is 0. The summed E-state index contributed by atoms with van der Waals surface area (Å²) in [5, 5.41) is 0. The Bertz CT molecular complexity index is 752. The highest BCUT2D eigenvalue weighted by atomic mass is 16.2. The summed E-state index contributed by atoms with van der Waals surface area (Å²) in [5.74, 6) is 1.91. The van der Waals surface area contributed by atoms with E-state index < -0.39 is 0 Å². The van der Waals surface area contributed by atoms with E-state index in [1.54, 1.807) is 0 Å². The molecule has 3 rings (SSSR count). The number of aryl methyl sites for hydroxylation is 1. The van der Waals surface area contributed by atoms with E-state index in [-0.39, 0.29) is 11.8 Å². The molecule has 1 aromatic carbocycles. The third-order valence-corrected chi connectivity index (χ3v) is 5.38. The lowest BCUT2D eigenvalue weighted by atomic mass is 9.96. The van der Waals surface area contributed by atoms with E-state index in [9.17, 15) is 4.79 Å². The maximum Gasteiger partial charge on any atom is 0.227 e. The van der Waals surface area contributed by atoms with Crippen molar-refractivity contribution in [2.24, 2.45) is 11.8 Å². The van der Waals surface area contributed by atoms with Gasteiger partial charge in [-0.15, -0.1) is 0 Å². The molecule has 0 saturated carbocycles. The van der Waals surface area contributed by atoms with Gasteiger partial charge in [-0.05, 0) is 45.0 Å². The van der Waals surface area contributed by atoms with Crippen molar-refractivity contribution in [2.75, 3.05) is 33.7 Å². The first-order valence-corrected chi connectivity index (χ1v) is 9.87. The second kappa shape index (κ2) is 8.21. The van der Waals surface area contributed by atoms with Gasteiger partial charge in [-0.3, -0.25) is 4.79 Å². The zero-order valence-corrected chi connectivity index (χ0v) is 16.6. The summed E-state index contributed by atoms with van der Waals surface area (Å²) >= 11 is 0. The number of imidazole rings is 1. The van der Waals surface area contributed by atoms with E-state index in [0.717, 1.165) is 49.3 Å². The van der Waals surface area contributed by atoms with Gasteiger partial charge in [0.25, 0.3) is 0 Å². The fraction of sp³-hybridized carbons (Fsp3) is 0.619. The minimum atomic E-state index is -0.0315. The number of benzene rings is 1. The molecule has 1 aliphatic rings. The van der Waals surface area contributed by atoms with Gasteiger partial charge >= 0.3 is 0 Å². The molecule has 0 unspecified atom stereocenters. The number of carbonyl (C=O) groups is 1. The fourth-order valence-corrected chi connectivity index (χ4v) is 4.19. The van der Waals surface area contributed by atoms with Crippen LogP contribution in [0.25, 0.3) is 11.0 Å². The molecule has 2 aromatic rings. The van der Waals surface area contributed by atoms with E-state index >= 15 is 0 Å². The molecule has 2 heterocycles. The monoisotopic (exact) mass is 356 g/mol. The molecule has 0 bridgehead atoms. The molecule has 26 heavy (non-hydrogen) atoms. The first-order valence-electron chi connectivity index (χ1n) is 9.87. The first kappa shape index (κ1) is 18.9. The van der Waals surface area contributed by atoms with Crippen molar-refractivity contribution < 1.29 is 4.79 Å². The summed E-state index contributed by atoms with van der Waals surface area (Å²) in [5.41, 5.74) is 2.15. The van der Waals surface area contributed by atoms with Gasteiger partial charge in [0.05, 0.1) is 17.0 Å². The normalized spacial score (nSPS) is 19.3. The van der Waals surface area contributed by atoms with E-state index in [1.165, 1.54) is 6.42 Å². The molecular weight excluding hydrogens is 324 g/mol. The maximum absolute atomic E-state index is 13.1. The molecule has 1 aromatic heterocycles. The lowest BCUT2D eigenvalue weighted by Crippen LogP contribution is -2.45. The quantitative estimate of drug-likeness (QED) is 0.799. The molecule has 0 spiro atoms. The third-order valence-electron chi connectivity index (χ3n) is 5.38. The standard InChI is InChI=1S/C21H32N4O/c1-5-20-22-18-10-6-7-11-19(18)25(20)13-16(2)21(26)24-12-8-9-17(15-24)14-23(3)4/h6-7,10-11,16-17H,5,8-9,12-15H2,1-4H3/t16-,17-/m1/s1. The van der Waals surface area contributed by atoms with Gasteiger partial charge in [-0.25, -0.2) is 4.98 Å². The van der Waals surface area contributed by atoms with Gasteiger partial charge in [-0.1, -0.05) is 26.0 Å². The van der Waals surface area contributed by atoms with Gasteiger partial charge < -0.3 is 14.4 Å². The minimum absolute atomic E-state index is 0.0315. The fourth-order valence-electron chi connectivity index (χ4n) is 4.19. The van der Waals surface area contributed by atoms with Crippen LogP contribution in [0.2, 0.25) is 0 Å². The summed E-state index contributed by atoms with van der Waals surface area (Å²) in [6, 6.07) is 8.22. The van der Waals surface area contributed by atoms with E-state index in [0.29, 0.717) is 12.5 Å². The van der Waals surface area contributed by atoms with E-state index in [2.05, 4.69) is 48.4 Å². The van der Waals surface area contributed by atoms with Crippen LogP contribution in [-0.2, 0) is 17.8 Å². The zero-order valence-electron chi connectivity index (χ0n) is 16.6. The number of likely N-dealkylation sites (tertiary alicyclic amines) is 1. The van der Waals surface area contributed by atoms with Crippen molar-refractivity contribution in [1.82, 2.24) is 19.4 Å². The van der Waals surface area contributed by atoms with Gasteiger partial charge in [0.1, 0.15) is 5.82 Å². The molecule has 1 aliphatic heterocycles. The van der Waals surface area contributed by atoms with E-state index in [4.69, 9.17) is 4.98 Å². The Morgan fingerprint density at radius 2 is 2.12 bits per heavy atom. The molecule has 1 saturated heterocycles. The smallest absolute Gasteiger partial charge is 0.227 e. The van der Waals surface area contributed by atoms with Crippen molar-refractivity contribution in [3.05, 3.63) is 30.1 Å². The Morgan fingerprint density at radius 1 is 1.35 bits per heavy atom. The van der Waals surface area contributed by atoms with Crippen LogP contribution in [-0.4, -0.2) is 59.0 Å². The third kappa shape index (κ3) is 4.09. The SMILES string of the molecule is CCc1nc2ccccc2n1C[C@@H](C)C(=O)N1CCC[C@H](CN(C)C)C1. The number of carbonyl (C=O) groups excluding carboxylic acids is 1. The predicted molar refractivity (Wildman–Crippen MR) is 106 cm³/mol. The second-order valence-corrected chi connectivity index (χ2v) is 7.94. The summed E-state index contributed by atoms with van der Waals surface area (Å²) in [4.78, 5) is 22.1. The maximum atomic E-state index is 13.1. The van der Waals surface area contributed by atoms with Crippen molar-refractivity contribution in [3.8, 4) is 0 Å². The Kier molecular flexibility index (Phi) is 5.97. The van der Waals surface area contributed by atoms with Crippen molar-refractivity contribution in [3.63, 3.8) is 0 Å². The summed E-state index contributed by atoms with van der Waals surface area (Å²) in [7, 11) is 4.22. The largest absolute Gasteiger partial charge is 0.342 e. The van der Waals surface area contributed by atoms with Crippen LogP contribution in [0.4, 0.5) is 0 Å². The predicted octanol–water partition coefficient (Wildman–Crippen LogP) is 3.04. The molecule has 5 nitrogen and oxygen atoms in total. The Balaban J connectivity index is 1.71. The molecule has 0 aliphatic carbocycles. The first-order chi connectivity index (χ1) is 12.5. The number of para-hydroxylation sites is 2. The number of amides is 1. The molecule has 1 fully saturated rings. The highest BCUT2D eigenvalue weighted by Gasteiger charge is 2.27. The molecule has 0 N–H and O–H groups in total. The van der Waals surface area contributed by atoms with Crippen molar-refractivity contribution in [2.45, 2.75) is 39.7 Å². The number of fused-ring (bicyclic) bond motifs is 1. The molecule has 2 atom stereocenters. The average Bonchev–Trinajstić information content (AvgIpc) is 2.98. The minimum Gasteiger partial charge on any atom is -0.342 e. The summed E-state index contributed by atoms with van der Waals surface area (Å²) in [6.45, 7) is 7.75. The second-order valence-electron chi connectivity index (χ2n) is 7.94. The topological polar surface area (TPSA) is 41.4 Å². The van der Waals surface area contributed by atoms with Crippen LogP contribution >= 0.6 is 0 Å². The number of nitrogens with zero attached hydrogens (tertiary/aromatic N) is 4. The Hall–Kier alpha value is -1.88. The molecule has 1 amide bonds. The van der Waals surface area contributed by atoms with Crippen molar-refractivity contribution in [1.29, 1.82) is 0 Å². The zero-order chi connectivity index (χ0) is 18.7. The van der Waals surface area contributed by atoms with Gasteiger partial charge in [-0.2, -0.15) is 0 Å². The van der Waals surface area contributed by atoms with Crippen LogP contribution in [0.1, 0.15) is 32.5 Å².